The number of furan rings is 1. The summed E-state index contributed by atoms with van der Waals surface area (Å²) < 4.78 is 5.69. The van der Waals surface area contributed by atoms with Gasteiger partial charge in [-0.3, -0.25) is 14.7 Å². The van der Waals surface area contributed by atoms with Gasteiger partial charge in [0, 0.05) is 5.56 Å². The van der Waals surface area contributed by atoms with E-state index in [1.165, 1.54) is 0 Å². The van der Waals surface area contributed by atoms with E-state index in [9.17, 15) is 9.59 Å². The highest BCUT2D eigenvalue weighted by Gasteiger charge is 2.21. The fourth-order valence-corrected chi connectivity index (χ4v) is 2.55. The number of hydrogen-bond acceptors (Lipinski definition) is 5. The van der Waals surface area contributed by atoms with Gasteiger partial charge >= 0.3 is 5.97 Å². The van der Waals surface area contributed by atoms with E-state index in [4.69, 9.17) is 9.52 Å². The summed E-state index contributed by atoms with van der Waals surface area (Å²) in [6.45, 7) is 3.50. The Bertz CT molecular complexity index is 930. The molecule has 0 spiro atoms. The van der Waals surface area contributed by atoms with Crippen molar-refractivity contribution < 1.29 is 19.1 Å². The molecule has 3 aromatic rings. The third-order valence-corrected chi connectivity index (χ3v) is 3.74. The summed E-state index contributed by atoms with van der Waals surface area (Å²) in [5.41, 5.74) is 1.22. The van der Waals surface area contributed by atoms with Gasteiger partial charge < -0.3 is 14.8 Å². The number of benzene rings is 1. The number of carboxylic acids is 1. The molecule has 0 saturated carbocycles. The number of rotatable bonds is 6. The second-order valence-electron chi connectivity index (χ2n) is 5.87. The van der Waals surface area contributed by atoms with Crippen LogP contribution in [0, 0.1) is 6.92 Å². The Labute approximate surface area is 149 Å². The van der Waals surface area contributed by atoms with Crippen molar-refractivity contribution in [2.45, 2.75) is 26.3 Å². The first-order chi connectivity index (χ1) is 12.4. The molecule has 0 radical (unpaired) electrons. The van der Waals surface area contributed by atoms with Gasteiger partial charge in [-0.2, -0.15) is 5.10 Å². The van der Waals surface area contributed by atoms with Crippen molar-refractivity contribution in [3.63, 3.8) is 0 Å². The number of H-pyrrole nitrogens is 1. The molecule has 1 unspecified atom stereocenters. The van der Waals surface area contributed by atoms with Crippen molar-refractivity contribution in [3.8, 4) is 11.3 Å². The highest BCUT2D eigenvalue weighted by atomic mass is 16.4. The van der Waals surface area contributed by atoms with Gasteiger partial charge in [0.25, 0.3) is 5.91 Å². The van der Waals surface area contributed by atoms with Crippen molar-refractivity contribution in [1.29, 1.82) is 0 Å². The summed E-state index contributed by atoms with van der Waals surface area (Å²) in [5, 5.41) is 18.1. The normalized spacial score (nSPS) is 11.9. The molecule has 134 valence electrons. The molecule has 8 heteroatoms. The average molecular weight is 354 g/mol. The number of aliphatic carboxylic acids is 1. The smallest absolute Gasteiger partial charge is 0.311 e. The van der Waals surface area contributed by atoms with Crippen molar-refractivity contribution in [2.24, 2.45) is 0 Å². The van der Waals surface area contributed by atoms with Crippen LogP contribution < -0.4 is 5.32 Å². The van der Waals surface area contributed by atoms with Gasteiger partial charge in [-0.15, -0.1) is 0 Å². The van der Waals surface area contributed by atoms with E-state index in [1.54, 1.807) is 19.9 Å². The Morgan fingerprint density at radius 2 is 2.04 bits per heavy atom. The zero-order valence-electron chi connectivity index (χ0n) is 14.3. The maximum Gasteiger partial charge on any atom is 0.311 e. The molecular weight excluding hydrogens is 336 g/mol. The highest BCUT2D eigenvalue weighted by molar-refractivity contribution is 6.00. The second-order valence-corrected chi connectivity index (χ2v) is 5.87. The van der Waals surface area contributed by atoms with Crippen LogP contribution >= 0.6 is 0 Å². The number of hydrogen-bond donors (Lipinski definition) is 3. The van der Waals surface area contributed by atoms with Crippen LogP contribution in [-0.4, -0.2) is 32.2 Å². The third kappa shape index (κ3) is 3.80. The van der Waals surface area contributed by atoms with E-state index in [2.05, 4.69) is 20.5 Å². The molecule has 0 aliphatic heterocycles. The SMILES string of the molecule is Cc1cc(C(=O)NC(C)c2n[nH]c(CC(=O)O)n2)c(-c2ccccc2)o1. The minimum Gasteiger partial charge on any atom is -0.481 e. The Balaban J connectivity index is 1.78. The van der Waals surface area contributed by atoms with Gasteiger partial charge in [-0.1, -0.05) is 30.3 Å². The first-order valence-electron chi connectivity index (χ1n) is 8.03. The molecule has 2 aromatic heterocycles. The third-order valence-electron chi connectivity index (χ3n) is 3.74. The lowest BCUT2D eigenvalue weighted by Gasteiger charge is -2.10. The molecule has 1 amide bonds. The van der Waals surface area contributed by atoms with Gasteiger partial charge in [0.2, 0.25) is 0 Å². The number of nitrogens with zero attached hydrogens (tertiary/aromatic N) is 2. The number of aromatic nitrogens is 3. The minimum atomic E-state index is -1.01. The molecule has 1 atom stereocenters. The number of aromatic amines is 1. The zero-order valence-corrected chi connectivity index (χ0v) is 14.3. The maximum absolute atomic E-state index is 12.7. The molecule has 0 aliphatic carbocycles. The molecule has 26 heavy (non-hydrogen) atoms. The van der Waals surface area contributed by atoms with Crippen LogP contribution in [0.15, 0.2) is 40.8 Å². The molecule has 3 N–H and O–H groups in total. The second kappa shape index (κ2) is 7.22. The molecule has 0 saturated heterocycles. The topological polar surface area (TPSA) is 121 Å². The number of aryl methyl sites for hydroxylation is 1. The van der Waals surface area contributed by atoms with E-state index in [-0.39, 0.29) is 18.2 Å². The molecule has 0 aliphatic rings. The van der Waals surface area contributed by atoms with E-state index in [0.29, 0.717) is 22.9 Å². The summed E-state index contributed by atoms with van der Waals surface area (Å²) in [7, 11) is 0. The lowest BCUT2D eigenvalue weighted by atomic mass is 10.1. The number of carboxylic acid groups (broad SMARTS) is 1. The zero-order chi connectivity index (χ0) is 18.7. The Morgan fingerprint density at radius 1 is 1.31 bits per heavy atom. The van der Waals surface area contributed by atoms with Crippen molar-refractivity contribution in [3.05, 3.63) is 59.4 Å². The number of amides is 1. The van der Waals surface area contributed by atoms with Gasteiger partial charge in [-0.25, -0.2) is 4.98 Å². The summed E-state index contributed by atoms with van der Waals surface area (Å²) in [4.78, 5) is 27.5. The quantitative estimate of drug-likeness (QED) is 0.625. The van der Waals surface area contributed by atoms with Crippen LogP contribution in [-0.2, 0) is 11.2 Å². The molecule has 8 nitrogen and oxygen atoms in total. The summed E-state index contributed by atoms with van der Waals surface area (Å²) in [6, 6.07) is 10.5. The molecule has 0 fully saturated rings. The minimum absolute atomic E-state index is 0.234. The van der Waals surface area contributed by atoms with Crippen LogP contribution in [0.5, 0.6) is 0 Å². The van der Waals surface area contributed by atoms with Crippen LogP contribution in [0.3, 0.4) is 0 Å². The van der Waals surface area contributed by atoms with Gasteiger partial charge in [0.05, 0.1) is 11.6 Å². The van der Waals surface area contributed by atoms with Crippen LogP contribution in [0.2, 0.25) is 0 Å². The lowest BCUT2D eigenvalue weighted by molar-refractivity contribution is -0.136. The van der Waals surface area contributed by atoms with Gasteiger partial charge in [-0.05, 0) is 19.9 Å². The lowest BCUT2D eigenvalue weighted by Crippen LogP contribution is -2.27. The molecule has 1 aromatic carbocycles. The van der Waals surface area contributed by atoms with E-state index < -0.39 is 12.0 Å². The fraction of sp³-hybridized carbons (Fsp3) is 0.222. The van der Waals surface area contributed by atoms with Crippen LogP contribution in [0.25, 0.3) is 11.3 Å². The summed E-state index contributed by atoms with van der Waals surface area (Å²) in [6.07, 6.45) is -0.257. The Hall–Kier alpha value is -3.42. The monoisotopic (exact) mass is 354 g/mol. The first kappa shape index (κ1) is 17.4. The summed E-state index contributed by atoms with van der Waals surface area (Å²) >= 11 is 0. The Morgan fingerprint density at radius 3 is 2.73 bits per heavy atom. The van der Waals surface area contributed by atoms with Gasteiger partial charge in [0.1, 0.15) is 23.8 Å². The number of carbonyl (C=O) groups is 2. The highest BCUT2D eigenvalue weighted by Crippen LogP contribution is 2.27. The maximum atomic E-state index is 12.7. The largest absolute Gasteiger partial charge is 0.481 e. The molecule has 3 rings (SSSR count). The number of nitrogens with one attached hydrogen (secondary N) is 2. The first-order valence-corrected chi connectivity index (χ1v) is 8.03. The fourth-order valence-electron chi connectivity index (χ4n) is 2.55. The van der Waals surface area contributed by atoms with Crippen molar-refractivity contribution >= 4 is 11.9 Å². The standard InChI is InChI=1S/C18H18N4O4/c1-10-8-13(16(26-10)12-6-4-3-5-7-12)18(25)19-11(2)17-20-14(21-22-17)9-15(23)24/h3-8,11H,9H2,1-2H3,(H,19,25)(H,23,24)(H,20,21,22). The molecule has 0 bridgehead atoms. The van der Waals surface area contributed by atoms with Crippen LogP contribution in [0.1, 0.15) is 40.7 Å². The van der Waals surface area contributed by atoms with E-state index >= 15 is 0 Å². The number of carbonyl (C=O) groups excluding carboxylic acids is 1. The summed E-state index contributed by atoms with van der Waals surface area (Å²) in [5.74, 6) is 0.343. The van der Waals surface area contributed by atoms with Crippen molar-refractivity contribution in [2.75, 3.05) is 0 Å². The predicted molar refractivity (Wildman–Crippen MR) is 92.5 cm³/mol. The van der Waals surface area contributed by atoms with E-state index in [0.717, 1.165) is 5.56 Å². The predicted octanol–water partition coefficient (Wildman–Crippen LogP) is 2.49. The van der Waals surface area contributed by atoms with Gasteiger partial charge in [0.15, 0.2) is 5.82 Å². The average Bonchev–Trinajstić information content (AvgIpc) is 3.22. The molecular formula is C18H18N4O4. The van der Waals surface area contributed by atoms with Crippen LogP contribution in [0.4, 0.5) is 0 Å². The van der Waals surface area contributed by atoms with E-state index in [1.807, 2.05) is 30.3 Å². The molecule has 2 heterocycles. The van der Waals surface area contributed by atoms with Crippen molar-refractivity contribution in [1.82, 2.24) is 20.5 Å². The Kier molecular flexibility index (Phi) is 4.83.